The highest BCUT2D eigenvalue weighted by Crippen LogP contribution is 2.31. The topological polar surface area (TPSA) is 39.3 Å². The van der Waals surface area contributed by atoms with E-state index in [2.05, 4.69) is 54.7 Å². The molecule has 4 nitrogen and oxygen atoms in total. The monoisotopic (exact) mass is 339 g/mol. The lowest BCUT2D eigenvalue weighted by Crippen LogP contribution is -2.47. The highest BCUT2D eigenvalue weighted by Gasteiger charge is 2.36. The van der Waals surface area contributed by atoms with Crippen LogP contribution < -0.4 is 0 Å². The molecule has 3 aliphatic heterocycles. The van der Waals surface area contributed by atoms with Crippen LogP contribution in [0.4, 0.5) is 0 Å². The molecule has 1 N–H and O–H groups in total. The van der Waals surface area contributed by atoms with E-state index in [1.54, 1.807) is 0 Å². The predicted octanol–water partition coefficient (Wildman–Crippen LogP) is 3.19. The van der Waals surface area contributed by atoms with E-state index in [1.165, 1.54) is 34.0 Å². The van der Waals surface area contributed by atoms with Gasteiger partial charge >= 0.3 is 0 Å². The summed E-state index contributed by atoms with van der Waals surface area (Å²) in [7, 11) is 2.19. The van der Waals surface area contributed by atoms with Crippen LogP contribution in [0, 0.1) is 26.7 Å². The van der Waals surface area contributed by atoms with Crippen molar-refractivity contribution in [2.45, 2.75) is 46.1 Å². The molecule has 0 radical (unpaired) electrons. The van der Waals surface area contributed by atoms with Crippen molar-refractivity contribution in [1.82, 2.24) is 14.8 Å². The van der Waals surface area contributed by atoms with Crippen LogP contribution in [-0.2, 0) is 11.2 Å². The number of aromatic nitrogens is 1. The smallest absolute Gasteiger partial charge is 0.227 e. The van der Waals surface area contributed by atoms with Crippen molar-refractivity contribution < 1.29 is 4.79 Å². The summed E-state index contributed by atoms with van der Waals surface area (Å²) < 4.78 is 0. The Balaban J connectivity index is 1.65. The Bertz CT molecular complexity index is 822. The van der Waals surface area contributed by atoms with Crippen LogP contribution in [0.25, 0.3) is 10.9 Å². The molecule has 0 aliphatic carbocycles. The van der Waals surface area contributed by atoms with Crippen LogP contribution in [-0.4, -0.2) is 53.4 Å². The average molecular weight is 339 g/mol. The van der Waals surface area contributed by atoms with Gasteiger partial charge in [0.2, 0.25) is 5.91 Å². The number of carbonyl (C=O) groups excluding carboxylic acids is 1. The normalized spacial score (nSPS) is 24.1. The van der Waals surface area contributed by atoms with Gasteiger partial charge in [0.05, 0.1) is 6.42 Å². The van der Waals surface area contributed by atoms with Gasteiger partial charge in [0.15, 0.2) is 0 Å². The molecule has 4 heteroatoms. The van der Waals surface area contributed by atoms with E-state index in [-0.39, 0.29) is 0 Å². The Kier molecular flexibility index (Phi) is 4.11. The van der Waals surface area contributed by atoms with Gasteiger partial charge in [-0.25, -0.2) is 0 Å². The Hall–Kier alpha value is -1.81. The lowest BCUT2D eigenvalue weighted by molar-refractivity contribution is -0.134. The fourth-order valence-electron chi connectivity index (χ4n) is 4.91. The summed E-state index contributed by atoms with van der Waals surface area (Å²) in [6.45, 7) is 9.47. The standard InChI is InChI=1S/C21H29N3O/c1-13-5-6-14(2)21-20(13)18(15(3)22-21)9-19(25)24-11-16-7-8-17(24)12-23(4)10-16/h5-6,16-17,22H,7-12H2,1-4H3/t16-,17+/m1/s1. The minimum atomic E-state index is 0.301. The first-order valence-electron chi connectivity index (χ1n) is 9.49. The highest BCUT2D eigenvalue weighted by atomic mass is 16.2. The van der Waals surface area contributed by atoms with E-state index in [9.17, 15) is 4.79 Å². The molecule has 4 heterocycles. The zero-order chi connectivity index (χ0) is 17.7. The summed E-state index contributed by atoms with van der Waals surface area (Å²) in [6, 6.07) is 4.72. The summed E-state index contributed by atoms with van der Waals surface area (Å²) in [5, 5.41) is 1.25. The van der Waals surface area contributed by atoms with Gasteiger partial charge in [-0.15, -0.1) is 0 Å². The van der Waals surface area contributed by atoms with Gasteiger partial charge in [-0.1, -0.05) is 12.1 Å². The number of likely N-dealkylation sites (N-methyl/N-ethyl adjacent to an activating group) is 1. The maximum Gasteiger partial charge on any atom is 0.227 e. The molecule has 0 unspecified atom stereocenters. The number of carbonyl (C=O) groups is 1. The number of hydrogen-bond acceptors (Lipinski definition) is 2. The van der Waals surface area contributed by atoms with E-state index in [0.29, 0.717) is 24.3 Å². The third-order valence-electron chi connectivity index (χ3n) is 6.23. The zero-order valence-corrected chi connectivity index (χ0v) is 15.9. The lowest BCUT2D eigenvalue weighted by atomic mass is 9.94. The first kappa shape index (κ1) is 16.6. The number of fused-ring (bicyclic) bond motifs is 5. The summed E-state index contributed by atoms with van der Waals surface area (Å²) in [4.78, 5) is 21.3. The fraction of sp³-hybridized carbons (Fsp3) is 0.571. The van der Waals surface area contributed by atoms with E-state index >= 15 is 0 Å². The van der Waals surface area contributed by atoms with Gasteiger partial charge in [0.1, 0.15) is 0 Å². The van der Waals surface area contributed by atoms with Gasteiger partial charge in [-0.3, -0.25) is 4.79 Å². The van der Waals surface area contributed by atoms with Crippen molar-refractivity contribution in [3.05, 3.63) is 34.5 Å². The minimum Gasteiger partial charge on any atom is -0.358 e. The van der Waals surface area contributed by atoms with Crippen LogP contribution in [0.3, 0.4) is 0 Å². The van der Waals surface area contributed by atoms with Crippen molar-refractivity contribution in [3.63, 3.8) is 0 Å². The minimum absolute atomic E-state index is 0.301. The number of H-pyrrole nitrogens is 1. The SMILES string of the molecule is Cc1[nH]c2c(C)ccc(C)c2c1CC(=O)N1C[C@@H]2CC[C@H]1CN(C)C2. The fourth-order valence-corrected chi connectivity index (χ4v) is 4.91. The largest absolute Gasteiger partial charge is 0.358 e. The summed E-state index contributed by atoms with van der Waals surface area (Å²) in [6.07, 6.45) is 2.94. The van der Waals surface area contributed by atoms with Crippen molar-refractivity contribution in [2.24, 2.45) is 5.92 Å². The molecule has 3 fully saturated rings. The molecule has 25 heavy (non-hydrogen) atoms. The number of nitrogens with one attached hydrogen (secondary N) is 1. The summed E-state index contributed by atoms with van der Waals surface area (Å²) >= 11 is 0. The predicted molar refractivity (Wildman–Crippen MR) is 102 cm³/mol. The molecule has 3 aliphatic rings. The third-order valence-corrected chi connectivity index (χ3v) is 6.23. The van der Waals surface area contributed by atoms with Crippen LogP contribution in [0.1, 0.15) is 35.2 Å². The molecule has 1 aromatic carbocycles. The van der Waals surface area contributed by atoms with E-state index in [0.717, 1.165) is 31.7 Å². The average Bonchev–Trinajstić information content (AvgIpc) is 2.70. The molecule has 3 saturated heterocycles. The molecule has 134 valence electrons. The molecule has 5 rings (SSSR count). The number of rotatable bonds is 2. The summed E-state index contributed by atoms with van der Waals surface area (Å²) in [5.41, 5.74) is 6.02. The van der Waals surface area contributed by atoms with Gasteiger partial charge in [0, 0.05) is 42.3 Å². The molecule has 2 aromatic rings. The molecular formula is C21H29N3O. The quantitative estimate of drug-likeness (QED) is 0.913. The van der Waals surface area contributed by atoms with Gasteiger partial charge < -0.3 is 14.8 Å². The number of amides is 1. The molecule has 2 bridgehead atoms. The van der Waals surface area contributed by atoms with Crippen LogP contribution in [0.15, 0.2) is 12.1 Å². The number of piperidine rings is 1. The van der Waals surface area contributed by atoms with Crippen molar-refractivity contribution in [2.75, 3.05) is 26.7 Å². The Morgan fingerprint density at radius 2 is 1.88 bits per heavy atom. The van der Waals surface area contributed by atoms with Crippen molar-refractivity contribution >= 4 is 16.8 Å². The first-order chi connectivity index (χ1) is 11.9. The van der Waals surface area contributed by atoms with E-state index in [4.69, 9.17) is 0 Å². The van der Waals surface area contributed by atoms with Gasteiger partial charge in [-0.2, -0.15) is 0 Å². The van der Waals surface area contributed by atoms with Crippen LogP contribution in [0.5, 0.6) is 0 Å². The van der Waals surface area contributed by atoms with Crippen molar-refractivity contribution in [1.29, 1.82) is 0 Å². The first-order valence-corrected chi connectivity index (χ1v) is 9.49. The Morgan fingerprint density at radius 1 is 1.12 bits per heavy atom. The van der Waals surface area contributed by atoms with E-state index in [1.807, 2.05) is 0 Å². The lowest BCUT2D eigenvalue weighted by Gasteiger charge is -2.36. The molecule has 1 aromatic heterocycles. The second kappa shape index (κ2) is 6.17. The molecule has 0 saturated carbocycles. The van der Waals surface area contributed by atoms with Crippen molar-refractivity contribution in [3.8, 4) is 0 Å². The maximum absolute atomic E-state index is 13.2. The molecule has 2 atom stereocenters. The van der Waals surface area contributed by atoms with Gasteiger partial charge in [-0.05, 0) is 63.3 Å². The number of hydrogen-bond donors (Lipinski definition) is 1. The number of benzene rings is 1. The second-order valence-electron chi connectivity index (χ2n) is 8.22. The van der Waals surface area contributed by atoms with E-state index < -0.39 is 0 Å². The van der Waals surface area contributed by atoms with Crippen LogP contribution >= 0.6 is 0 Å². The zero-order valence-electron chi connectivity index (χ0n) is 15.9. The number of aromatic amines is 1. The molecule has 0 spiro atoms. The Morgan fingerprint density at radius 3 is 2.68 bits per heavy atom. The number of nitrogens with zero attached hydrogens (tertiary/aromatic N) is 2. The van der Waals surface area contributed by atoms with Gasteiger partial charge in [0.25, 0.3) is 0 Å². The van der Waals surface area contributed by atoms with Crippen LogP contribution in [0.2, 0.25) is 0 Å². The second-order valence-corrected chi connectivity index (χ2v) is 8.22. The maximum atomic E-state index is 13.2. The highest BCUT2D eigenvalue weighted by molar-refractivity contribution is 5.94. The third kappa shape index (κ3) is 2.86. The summed E-state index contributed by atoms with van der Waals surface area (Å²) in [5.74, 6) is 0.940. The molecule has 1 amide bonds. The number of aryl methyl sites for hydroxylation is 3. The Labute approximate surface area is 150 Å². The molecular weight excluding hydrogens is 310 g/mol.